The number of carbonyl (C=O) groups is 1. The summed E-state index contributed by atoms with van der Waals surface area (Å²) in [5, 5.41) is 10.1. The van der Waals surface area contributed by atoms with Crippen molar-refractivity contribution in [2.75, 3.05) is 45.9 Å². The van der Waals surface area contributed by atoms with E-state index in [0.29, 0.717) is 68.8 Å². The number of carbonyl (C=O) groups excluding carboxylic acids is 1. The van der Waals surface area contributed by atoms with Gasteiger partial charge in [0.05, 0.1) is 24.0 Å². The fourth-order valence-electron chi connectivity index (χ4n) is 7.18. The number of aliphatic hydroxyl groups is 1. The van der Waals surface area contributed by atoms with Crippen LogP contribution in [-0.2, 0) is 30.5 Å². The number of amides is 1. The molecule has 2 fully saturated rings. The van der Waals surface area contributed by atoms with Gasteiger partial charge in [-0.2, -0.15) is 13.2 Å². The second-order valence-electron chi connectivity index (χ2n) is 13.4. The summed E-state index contributed by atoms with van der Waals surface area (Å²) < 4.78 is 49.1. The molecule has 2 aliphatic heterocycles. The Balaban J connectivity index is 1.05. The molecule has 1 saturated heterocycles. The minimum atomic E-state index is -4.53. The smallest absolute Gasteiger partial charge is 0.416 e. The Morgan fingerprint density at radius 3 is 2.56 bits per heavy atom. The summed E-state index contributed by atoms with van der Waals surface area (Å²) in [5.41, 5.74) is 4.04. The summed E-state index contributed by atoms with van der Waals surface area (Å²) in [6.45, 7) is 6.52. The monoisotopic (exact) mass is 661 g/mol. The van der Waals surface area contributed by atoms with Crippen LogP contribution in [0.1, 0.15) is 71.5 Å². The van der Waals surface area contributed by atoms with Crippen molar-refractivity contribution in [1.29, 1.82) is 0 Å². The minimum Gasteiger partial charge on any atom is -0.457 e. The molecule has 1 amide bonds. The van der Waals surface area contributed by atoms with Crippen molar-refractivity contribution in [2.24, 2.45) is 0 Å². The maximum absolute atomic E-state index is 14.3. The SMILES string of the molecule is CC[C@@H]1CN(C(=O)Cc2ccc(CN3CCN(CCO)CC3)c(C(F)(F)F)c2)Cc2cc(Oc3ccnc4[nH]c(C5CC5)cc34)ccc21. The molecule has 1 atom stereocenters. The topological polar surface area (TPSA) is 84.9 Å². The first-order valence-electron chi connectivity index (χ1n) is 17.0. The van der Waals surface area contributed by atoms with Crippen molar-refractivity contribution in [3.63, 3.8) is 0 Å². The Bertz CT molecular complexity index is 1780. The summed E-state index contributed by atoms with van der Waals surface area (Å²) in [5.74, 6) is 1.87. The molecular formula is C37H42F3N5O3. The molecule has 254 valence electrons. The number of aromatic nitrogens is 2. The second kappa shape index (κ2) is 13.5. The molecule has 2 aromatic carbocycles. The highest BCUT2D eigenvalue weighted by atomic mass is 19.4. The van der Waals surface area contributed by atoms with Gasteiger partial charge in [-0.1, -0.05) is 25.1 Å². The van der Waals surface area contributed by atoms with Crippen LogP contribution in [0.25, 0.3) is 11.0 Å². The van der Waals surface area contributed by atoms with Gasteiger partial charge < -0.3 is 19.7 Å². The summed E-state index contributed by atoms with van der Waals surface area (Å²) in [6.07, 6.45) is 0.298. The predicted octanol–water partition coefficient (Wildman–Crippen LogP) is 6.44. The Hall–Kier alpha value is -3.93. The molecule has 1 saturated carbocycles. The summed E-state index contributed by atoms with van der Waals surface area (Å²) >= 11 is 0. The number of pyridine rings is 1. The van der Waals surface area contributed by atoms with Crippen LogP contribution in [0.2, 0.25) is 0 Å². The lowest BCUT2D eigenvalue weighted by atomic mass is 9.87. The van der Waals surface area contributed by atoms with Crippen LogP contribution < -0.4 is 4.74 Å². The van der Waals surface area contributed by atoms with Crippen LogP contribution in [0.4, 0.5) is 13.2 Å². The molecule has 11 heteroatoms. The van der Waals surface area contributed by atoms with E-state index in [-0.39, 0.29) is 37.0 Å². The highest BCUT2D eigenvalue weighted by Crippen LogP contribution is 2.42. The molecule has 4 aromatic rings. The van der Waals surface area contributed by atoms with Crippen LogP contribution in [-0.4, -0.2) is 81.6 Å². The van der Waals surface area contributed by atoms with E-state index in [9.17, 15) is 23.1 Å². The standard InChI is InChI=1S/C37H42F3N5O3/c1-2-25-22-45(23-28-19-29(7-8-30(25)28)48-34-9-10-41-36-31(34)20-33(42-36)26-5-6-26)35(47)18-24-3-4-27(32(17-24)37(38,39)40)21-44-13-11-43(12-14-44)15-16-46/h3-4,7-10,17,19-20,25-26,46H,2,5-6,11-16,18,21-23H2,1H3,(H,41,42)/t25-/m1/s1. The maximum Gasteiger partial charge on any atom is 0.416 e. The van der Waals surface area contributed by atoms with Gasteiger partial charge >= 0.3 is 6.18 Å². The van der Waals surface area contributed by atoms with E-state index in [1.54, 1.807) is 17.2 Å². The van der Waals surface area contributed by atoms with Gasteiger partial charge in [0.2, 0.25) is 5.91 Å². The third-order valence-corrected chi connectivity index (χ3v) is 10.1. The van der Waals surface area contributed by atoms with Crippen LogP contribution in [0.5, 0.6) is 11.5 Å². The van der Waals surface area contributed by atoms with E-state index in [1.165, 1.54) is 30.2 Å². The zero-order valence-electron chi connectivity index (χ0n) is 27.2. The van der Waals surface area contributed by atoms with E-state index < -0.39 is 11.7 Å². The molecule has 1 aliphatic carbocycles. The number of benzene rings is 2. The van der Waals surface area contributed by atoms with Crippen LogP contribution in [0, 0.1) is 0 Å². The molecule has 2 aromatic heterocycles. The third kappa shape index (κ3) is 7.09. The zero-order chi connectivity index (χ0) is 33.4. The van der Waals surface area contributed by atoms with Gasteiger partial charge in [-0.25, -0.2) is 4.98 Å². The van der Waals surface area contributed by atoms with Crippen molar-refractivity contribution in [2.45, 2.75) is 63.7 Å². The number of β-amino-alcohol motifs (C(OH)–C–C–N with tert-alkyl or cyclic N) is 1. The Morgan fingerprint density at radius 1 is 1.04 bits per heavy atom. The van der Waals surface area contributed by atoms with Crippen molar-refractivity contribution >= 4 is 16.9 Å². The number of H-pyrrole nitrogens is 1. The number of aromatic amines is 1. The lowest BCUT2D eigenvalue weighted by Crippen LogP contribution is -2.46. The molecule has 0 spiro atoms. The second-order valence-corrected chi connectivity index (χ2v) is 13.4. The minimum absolute atomic E-state index is 0.0712. The van der Waals surface area contributed by atoms with E-state index in [0.717, 1.165) is 29.1 Å². The van der Waals surface area contributed by atoms with E-state index in [2.05, 4.69) is 33.9 Å². The molecule has 0 radical (unpaired) electrons. The molecule has 7 rings (SSSR count). The van der Waals surface area contributed by atoms with Crippen LogP contribution in [0.3, 0.4) is 0 Å². The number of alkyl halides is 3. The van der Waals surface area contributed by atoms with Crippen LogP contribution >= 0.6 is 0 Å². The van der Waals surface area contributed by atoms with Gasteiger partial charge in [0, 0.05) is 70.2 Å². The van der Waals surface area contributed by atoms with Crippen molar-refractivity contribution in [3.8, 4) is 11.5 Å². The van der Waals surface area contributed by atoms with Crippen molar-refractivity contribution in [3.05, 3.63) is 88.2 Å². The number of fused-ring (bicyclic) bond motifs is 2. The van der Waals surface area contributed by atoms with Crippen LogP contribution in [0.15, 0.2) is 54.7 Å². The first-order valence-corrected chi connectivity index (χ1v) is 17.0. The molecule has 4 heterocycles. The van der Waals surface area contributed by atoms with Gasteiger partial charge in [0.25, 0.3) is 0 Å². The molecule has 48 heavy (non-hydrogen) atoms. The molecule has 0 bridgehead atoms. The Morgan fingerprint density at radius 2 is 1.83 bits per heavy atom. The lowest BCUT2D eigenvalue weighted by Gasteiger charge is -2.35. The summed E-state index contributed by atoms with van der Waals surface area (Å²) in [6, 6.07) is 14.4. The first-order chi connectivity index (χ1) is 23.2. The van der Waals surface area contributed by atoms with E-state index in [1.807, 2.05) is 23.1 Å². The fraction of sp³-hybridized carbons (Fsp3) is 0.459. The summed E-state index contributed by atoms with van der Waals surface area (Å²) in [4.78, 5) is 27.4. The summed E-state index contributed by atoms with van der Waals surface area (Å²) in [7, 11) is 0. The molecule has 3 aliphatic rings. The number of piperazine rings is 1. The van der Waals surface area contributed by atoms with E-state index in [4.69, 9.17) is 4.74 Å². The first kappa shape index (κ1) is 32.6. The van der Waals surface area contributed by atoms with Gasteiger partial charge in [-0.3, -0.25) is 14.6 Å². The maximum atomic E-state index is 14.3. The molecular weight excluding hydrogens is 619 g/mol. The third-order valence-electron chi connectivity index (χ3n) is 10.1. The highest BCUT2D eigenvalue weighted by Gasteiger charge is 2.35. The zero-order valence-corrected chi connectivity index (χ0v) is 27.2. The number of rotatable bonds is 10. The average molecular weight is 662 g/mol. The normalized spacial score (nSPS) is 19.1. The number of nitrogens with zero attached hydrogens (tertiary/aromatic N) is 4. The fourth-order valence-corrected chi connectivity index (χ4v) is 7.18. The average Bonchev–Trinajstić information content (AvgIpc) is 3.83. The van der Waals surface area contributed by atoms with Gasteiger partial charge in [0.1, 0.15) is 17.1 Å². The van der Waals surface area contributed by atoms with Gasteiger partial charge in [-0.15, -0.1) is 0 Å². The molecule has 0 unspecified atom stereocenters. The number of ether oxygens (including phenoxy) is 1. The predicted molar refractivity (Wildman–Crippen MR) is 177 cm³/mol. The molecule has 2 N–H and O–H groups in total. The van der Waals surface area contributed by atoms with Gasteiger partial charge in [0.15, 0.2) is 0 Å². The van der Waals surface area contributed by atoms with Crippen molar-refractivity contribution in [1.82, 2.24) is 24.7 Å². The Labute approximate surface area is 278 Å². The largest absolute Gasteiger partial charge is 0.457 e. The number of halogens is 3. The lowest BCUT2D eigenvalue weighted by molar-refractivity contribution is -0.139. The van der Waals surface area contributed by atoms with Crippen molar-refractivity contribution < 1.29 is 27.8 Å². The quantitative estimate of drug-likeness (QED) is 0.204. The Kier molecular flexibility index (Phi) is 9.19. The number of hydrogen-bond acceptors (Lipinski definition) is 6. The van der Waals surface area contributed by atoms with E-state index >= 15 is 0 Å². The number of hydrogen-bond donors (Lipinski definition) is 2. The van der Waals surface area contributed by atoms with Gasteiger partial charge in [-0.05, 0) is 77.8 Å². The highest BCUT2D eigenvalue weighted by molar-refractivity contribution is 5.84. The molecule has 8 nitrogen and oxygen atoms in total. The number of nitrogens with one attached hydrogen (secondary N) is 1. The number of aliphatic hydroxyl groups excluding tert-OH is 1.